The first kappa shape index (κ1) is 25.0. The van der Waals surface area contributed by atoms with Gasteiger partial charge in [-0.25, -0.2) is 13.2 Å². The lowest BCUT2D eigenvalue weighted by molar-refractivity contribution is -0.119. The fourth-order valence-corrected chi connectivity index (χ4v) is 4.79. The number of hydrogen-bond acceptors (Lipinski definition) is 5. The molecular formula is C25H23ClN2O5S. The van der Waals surface area contributed by atoms with E-state index in [0.717, 1.165) is 15.9 Å². The van der Waals surface area contributed by atoms with Crippen LogP contribution in [0.5, 0.6) is 0 Å². The van der Waals surface area contributed by atoms with Gasteiger partial charge in [-0.15, -0.1) is 6.58 Å². The fourth-order valence-electron chi connectivity index (χ4n) is 3.13. The number of ether oxygens (including phenoxy) is 1. The lowest BCUT2D eigenvalue weighted by Crippen LogP contribution is -2.31. The first-order valence-electron chi connectivity index (χ1n) is 10.2. The Morgan fingerprint density at radius 2 is 1.79 bits per heavy atom. The second kappa shape index (κ2) is 11.0. The van der Waals surface area contributed by atoms with E-state index in [2.05, 4.69) is 11.9 Å². The summed E-state index contributed by atoms with van der Waals surface area (Å²) in [5.74, 6) is -1.46. The van der Waals surface area contributed by atoms with Crippen LogP contribution in [0.2, 0.25) is 5.02 Å². The highest BCUT2D eigenvalue weighted by atomic mass is 35.5. The Morgan fingerprint density at radius 1 is 1.06 bits per heavy atom. The van der Waals surface area contributed by atoms with Crippen LogP contribution >= 0.6 is 11.6 Å². The van der Waals surface area contributed by atoms with E-state index in [4.69, 9.17) is 16.3 Å². The topological polar surface area (TPSA) is 92.8 Å². The molecule has 0 aromatic heterocycles. The van der Waals surface area contributed by atoms with Gasteiger partial charge >= 0.3 is 5.97 Å². The van der Waals surface area contributed by atoms with Crippen LogP contribution in [-0.4, -0.2) is 33.4 Å². The second-order valence-electron chi connectivity index (χ2n) is 7.30. The highest BCUT2D eigenvalue weighted by molar-refractivity contribution is 7.92. The molecule has 0 saturated carbocycles. The molecule has 0 heterocycles. The smallest absolute Gasteiger partial charge is 0.340 e. The van der Waals surface area contributed by atoms with Crippen LogP contribution in [0, 0.1) is 6.92 Å². The maximum Gasteiger partial charge on any atom is 0.340 e. The molecule has 34 heavy (non-hydrogen) atoms. The number of para-hydroxylation sites is 1. The third-order valence-corrected chi connectivity index (χ3v) is 6.84. The van der Waals surface area contributed by atoms with Crippen molar-refractivity contribution in [2.75, 3.05) is 22.8 Å². The molecule has 0 fully saturated rings. The van der Waals surface area contributed by atoms with Crippen molar-refractivity contribution in [2.24, 2.45) is 0 Å². The average Bonchev–Trinajstić information content (AvgIpc) is 2.81. The molecule has 1 amide bonds. The van der Waals surface area contributed by atoms with Crippen LogP contribution < -0.4 is 9.62 Å². The van der Waals surface area contributed by atoms with E-state index in [1.165, 1.54) is 18.2 Å². The van der Waals surface area contributed by atoms with Crippen molar-refractivity contribution in [2.45, 2.75) is 11.8 Å². The van der Waals surface area contributed by atoms with Crippen LogP contribution in [0.4, 0.5) is 11.4 Å². The van der Waals surface area contributed by atoms with Gasteiger partial charge in [0, 0.05) is 5.69 Å². The van der Waals surface area contributed by atoms with Crippen LogP contribution in [0.1, 0.15) is 15.9 Å². The summed E-state index contributed by atoms with van der Waals surface area (Å²) < 4.78 is 32.9. The van der Waals surface area contributed by atoms with Gasteiger partial charge in [0.25, 0.3) is 15.9 Å². The molecular weight excluding hydrogens is 476 g/mol. The normalized spacial score (nSPS) is 10.9. The number of halogens is 1. The molecule has 3 aromatic rings. The first-order chi connectivity index (χ1) is 16.2. The molecule has 0 aliphatic heterocycles. The number of carbonyl (C=O) groups excluding carboxylic acids is 2. The molecule has 0 unspecified atom stereocenters. The Hall–Kier alpha value is -3.62. The monoisotopic (exact) mass is 498 g/mol. The summed E-state index contributed by atoms with van der Waals surface area (Å²) in [5, 5.41) is 2.62. The number of rotatable bonds is 9. The molecule has 176 valence electrons. The first-order valence-corrected chi connectivity index (χ1v) is 12.1. The van der Waals surface area contributed by atoms with Gasteiger partial charge in [0.2, 0.25) is 0 Å². The molecule has 0 atom stereocenters. The third kappa shape index (κ3) is 6.03. The molecule has 7 nitrogen and oxygen atoms in total. The number of amides is 1. The average molecular weight is 499 g/mol. The van der Waals surface area contributed by atoms with Crippen molar-refractivity contribution < 1.29 is 22.7 Å². The maximum absolute atomic E-state index is 13.3. The molecule has 0 radical (unpaired) electrons. The number of hydrogen-bond donors (Lipinski definition) is 1. The van der Waals surface area contributed by atoms with Gasteiger partial charge < -0.3 is 10.1 Å². The van der Waals surface area contributed by atoms with Gasteiger partial charge in [-0.1, -0.05) is 48.0 Å². The van der Waals surface area contributed by atoms with Gasteiger partial charge in [0.15, 0.2) is 6.61 Å². The molecule has 3 aromatic carbocycles. The molecule has 0 spiro atoms. The van der Waals surface area contributed by atoms with Gasteiger partial charge in [-0.2, -0.15) is 0 Å². The molecule has 9 heteroatoms. The number of esters is 1. The lowest BCUT2D eigenvalue weighted by Gasteiger charge is -2.23. The van der Waals surface area contributed by atoms with Gasteiger partial charge in [-0.05, 0) is 55.0 Å². The molecule has 1 N–H and O–H groups in total. The van der Waals surface area contributed by atoms with Crippen molar-refractivity contribution in [3.05, 3.63) is 102 Å². The summed E-state index contributed by atoms with van der Waals surface area (Å²) in [6.07, 6.45) is 1.46. The Bertz CT molecular complexity index is 1310. The van der Waals surface area contributed by atoms with Crippen LogP contribution in [-0.2, 0) is 19.6 Å². The molecule has 3 rings (SSSR count). The van der Waals surface area contributed by atoms with E-state index in [1.54, 1.807) is 48.5 Å². The number of anilines is 2. The molecule has 0 bridgehead atoms. The summed E-state index contributed by atoms with van der Waals surface area (Å²) in [4.78, 5) is 24.6. The van der Waals surface area contributed by atoms with Crippen LogP contribution in [0.15, 0.2) is 90.3 Å². The third-order valence-electron chi connectivity index (χ3n) is 4.72. The van der Waals surface area contributed by atoms with E-state index in [0.29, 0.717) is 11.4 Å². The predicted octanol–water partition coefficient (Wildman–Crippen LogP) is 4.83. The van der Waals surface area contributed by atoms with Crippen molar-refractivity contribution in [1.82, 2.24) is 0 Å². The van der Waals surface area contributed by atoms with E-state index in [1.807, 2.05) is 13.0 Å². The standard InChI is InChI=1S/C25H23ClN2O5S/c1-3-14-28(20-10-5-4-6-11-20)34(31,32)21-12-13-23(26)22(16-21)25(30)33-17-24(29)27-19-9-7-8-18(2)15-19/h3-13,15-16H,1,14,17H2,2H3,(H,27,29). The summed E-state index contributed by atoms with van der Waals surface area (Å²) >= 11 is 6.14. The summed E-state index contributed by atoms with van der Waals surface area (Å²) in [7, 11) is -4.05. The van der Waals surface area contributed by atoms with Crippen molar-refractivity contribution >= 4 is 44.9 Å². The zero-order valence-electron chi connectivity index (χ0n) is 18.4. The Balaban J connectivity index is 1.78. The molecule has 0 saturated heterocycles. The molecule has 0 aliphatic rings. The minimum atomic E-state index is -4.05. The van der Waals surface area contributed by atoms with E-state index < -0.39 is 28.5 Å². The maximum atomic E-state index is 13.3. The van der Waals surface area contributed by atoms with Crippen molar-refractivity contribution in [3.63, 3.8) is 0 Å². The largest absolute Gasteiger partial charge is 0.452 e. The Kier molecular flexibility index (Phi) is 8.09. The zero-order chi connectivity index (χ0) is 24.7. The van der Waals surface area contributed by atoms with Crippen LogP contribution in [0.3, 0.4) is 0 Å². The Labute approximate surface area is 203 Å². The highest BCUT2D eigenvalue weighted by Crippen LogP contribution is 2.27. The number of nitrogens with zero attached hydrogens (tertiary/aromatic N) is 1. The van der Waals surface area contributed by atoms with Crippen molar-refractivity contribution in [3.8, 4) is 0 Å². The van der Waals surface area contributed by atoms with Gasteiger partial charge in [-0.3, -0.25) is 9.10 Å². The summed E-state index contributed by atoms with van der Waals surface area (Å²) in [6, 6.07) is 19.4. The summed E-state index contributed by atoms with van der Waals surface area (Å²) in [5.41, 5.74) is 1.79. The van der Waals surface area contributed by atoms with E-state index in [-0.39, 0.29) is 22.0 Å². The predicted molar refractivity (Wildman–Crippen MR) is 133 cm³/mol. The van der Waals surface area contributed by atoms with E-state index in [9.17, 15) is 18.0 Å². The summed E-state index contributed by atoms with van der Waals surface area (Å²) in [6.45, 7) is 4.97. The number of benzene rings is 3. The Morgan fingerprint density at radius 3 is 2.47 bits per heavy atom. The zero-order valence-corrected chi connectivity index (χ0v) is 20.0. The van der Waals surface area contributed by atoms with Crippen LogP contribution in [0.25, 0.3) is 0 Å². The highest BCUT2D eigenvalue weighted by Gasteiger charge is 2.26. The molecule has 0 aliphatic carbocycles. The van der Waals surface area contributed by atoms with Gasteiger partial charge in [0.1, 0.15) is 0 Å². The quantitative estimate of drug-likeness (QED) is 0.337. The fraction of sp³-hybridized carbons (Fsp3) is 0.120. The number of sulfonamides is 1. The number of nitrogens with one attached hydrogen (secondary N) is 1. The lowest BCUT2D eigenvalue weighted by atomic mass is 10.2. The number of carbonyl (C=O) groups is 2. The van der Waals surface area contributed by atoms with E-state index >= 15 is 0 Å². The second-order valence-corrected chi connectivity index (χ2v) is 9.57. The van der Waals surface area contributed by atoms with Crippen molar-refractivity contribution in [1.29, 1.82) is 0 Å². The number of aryl methyl sites for hydroxylation is 1. The minimum Gasteiger partial charge on any atom is -0.452 e. The minimum absolute atomic E-state index is 0.00183. The van der Waals surface area contributed by atoms with Gasteiger partial charge in [0.05, 0.1) is 27.7 Å². The SMILES string of the molecule is C=CCN(c1ccccc1)S(=O)(=O)c1ccc(Cl)c(C(=O)OCC(=O)Nc2cccc(C)c2)c1.